The molecule has 0 atom stereocenters. The van der Waals surface area contributed by atoms with Crippen molar-refractivity contribution in [1.29, 1.82) is 0 Å². The summed E-state index contributed by atoms with van der Waals surface area (Å²) in [4.78, 5) is 26.4. The lowest BCUT2D eigenvalue weighted by Crippen LogP contribution is -2.29. The van der Waals surface area contributed by atoms with E-state index in [0.717, 1.165) is 22.5 Å². The van der Waals surface area contributed by atoms with Crippen molar-refractivity contribution in [1.82, 2.24) is 9.91 Å². The third-order valence-electron chi connectivity index (χ3n) is 4.86. The predicted molar refractivity (Wildman–Crippen MR) is 128 cm³/mol. The van der Waals surface area contributed by atoms with E-state index in [9.17, 15) is 9.59 Å². The van der Waals surface area contributed by atoms with Crippen molar-refractivity contribution >= 4 is 34.3 Å². The Hall–Kier alpha value is -3.04. The zero-order valence-electron chi connectivity index (χ0n) is 18.8. The van der Waals surface area contributed by atoms with Gasteiger partial charge < -0.3 is 19.7 Å². The van der Waals surface area contributed by atoms with Crippen molar-refractivity contribution in [2.75, 3.05) is 45.9 Å². The van der Waals surface area contributed by atoms with E-state index >= 15 is 0 Å². The Bertz CT molecular complexity index is 992. The Kier molecular flexibility index (Phi) is 8.13. The molecular formula is C23H28N4O4S. The molecule has 2 amide bonds. The molecule has 0 aliphatic carbocycles. The van der Waals surface area contributed by atoms with E-state index in [-0.39, 0.29) is 11.1 Å². The van der Waals surface area contributed by atoms with Gasteiger partial charge in [0.25, 0.3) is 0 Å². The Morgan fingerprint density at radius 2 is 1.84 bits per heavy atom. The summed E-state index contributed by atoms with van der Waals surface area (Å²) in [5.41, 5.74) is 3.32. The van der Waals surface area contributed by atoms with Gasteiger partial charge in [-0.15, -0.1) is 0 Å². The minimum absolute atomic E-state index is 0.0294. The van der Waals surface area contributed by atoms with E-state index in [1.54, 1.807) is 14.2 Å². The molecule has 32 heavy (non-hydrogen) atoms. The van der Waals surface area contributed by atoms with Crippen LogP contribution in [0.5, 0.6) is 11.5 Å². The second kappa shape index (κ2) is 11.0. The van der Waals surface area contributed by atoms with Gasteiger partial charge >= 0.3 is 5.24 Å². The van der Waals surface area contributed by atoms with Crippen molar-refractivity contribution in [3.8, 4) is 11.5 Å². The molecule has 0 fully saturated rings. The average molecular weight is 457 g/mol. The smallest absolute Gasteiger partial charge is 0.302 e. The van der Waals surface area contributed by atoms with E-state index < -0.39 is 0 Å². The molecule has 0 spiro atoms. The van der Waals surface area contributed by atoms with E-state index in [1.165, 1.54) is 16.8 Å². The van der Waals surface area contributed by atoms with Crippen LogP contribution in [-0.2, 0) is 11.3 Å². The molecule has 0 unspecified atom stereocenters. The Balaban J connectivity index is 1.68. The summed E-state index contributed by atoms with van der Waals surface area (Å²) in [7, 11) is 7.04. The maximum Gasteiger partial charge on any atom is 0.302 e. The largest absolute Gasteiger partial charge is 0.493 e. The molecule has 8 nitrogen and oxygen atoms in total. The Morgan fingerprint density at radius 1 is 1.12 bits per heavy atom. The second-order valence-corrected chi connectivity index (χ2v) is 8.45. The van der Waals surface area contributed by atoms with Crippen molar-refractivity contribution in [2.45, 2.75) is 13.0 Å². The van der Waals surface area contributed by atoms with Crippen LogP contribution in [0.25, 0.3) is 0 Å². The first kappa shape index (κ1) is 23.6. The van der Waals surface area contributed by atoms with Gasteiger partial charge in [-0.25, -0.2) is 5.01 Å². The molecule has 1 aliphatic heterocycles. The number of carbonyl (C=O) groups excluding carboxylic acids is 2. The number of anilines is 1. The van der Waals surface area contributed by atoms with E-state index in [4.69, 9.17) is 9.47 Å². The number of nitrogens with one attached hydrogen (secondary N) is 1. The van der Waals surface area contributed by atoms with E-state index in [1.807, 2.05) is 61.5 Å². The van der Waals surface area contributed by atoms with Crippen LogP contribution in [0.15, 0.2) is 47.6 Å². The van der Waals surface area contributed by atoms with Gasteiger partial charge in [-0.3, -0.25) is 9.59 Å². The number of thioether (sulfide) groups is 1. The fourth-order valence-electron chi connectivity index (χ4n) is 3.09. The summed E-state index contributed by atoms with van der Waals surface area (Å²) in [5, 5.41) is 8.83. The molecule has 0 saturated heterocycles. The van der Waals surface area contributed by atoms with Gasteiger partial charge in [0.1, 0.15) is 0 Å². The first-order valence-electron chi connectivity index (χ1n) is 10.2. The summed E-state index contributed by atoms with van der Waals surface area (Å²) in [6, 6.07) is 13.0. The van der Waals surface area contributed by atoms with Gasteiger partial charge in [-0.2, -0.15) is 5.10 Å². The number of methoxy groups -OCH3 is 2. The highest BCUT2D eigenvalue weighted by Crippen LogP contribution is 2.30. The van der Waals surface area contributed by atoms with E-state index in [2.05, 4.69) is 10.4 Å². The van der Waals surface area contributed by atoms with Gasteiger partial charge in [0.05, 0.1) is 26.5 Å². The Morgan fingerprint density at radius 3 is 2.50 bits per heavy atom. The molecule has 3 rings (SSSR count). The normalized spacial score (nSPS) is 13.7. The summed E-state index contributed by atoms with van der Waals surface area (Å²) < 4.78 is 10.7. The molecule has 9 heteroatoms. The molecule has 170 valence electrons. The van der Waals surface area contributed by atoms with Gasteiger partial charge in [0.15, 0.2) is 11.5 Å². The standard InChI is InChI=1S/C23H28N4O4S/c1-26(2)12-11-22(28)24-18-8-5-16(6-9-18)14-27-23(29)32-15-19(25-27)17-7-10-20(30-3)21(13-17)31-4/h5-10,13H,11-12,14-15H2,1-4H3,(H,24,28). The average Bonchev–Trinajstić information content (AvgIpc) is 2.80. The zero-order valence-corrected chi connectivity index (χ0v) is 19.6. The molecule has 0 aromatic heterocycles. The number of nitrogens with zero attached hydrogens (tertiary/aromatic N) is 3. The molecule has 0 saturated carbocycles. The minimum atomic E-state index is -0.102. The van der Waals surface area contributed by atoms with Crippen LogP contribution < -0.4 is 14.8 Å². The van der Waals surface area contributed by atoms with Crippen LogP contribution in [0.4, 0.5) is 10.5 Å². The fraction of sp³-hybridized carbons (Fsp3) is 0.348. The number of hydrogen-bond donors (Lipinski definition) is 1. The molecule has 0 radical (unpaired) electrons. The van der Waals surface area contributed by atoms with Crippen LogP contribution in [0.3, 0.4) is 0 Å². The number of hydrazone groups is 1. The molecule has 2 aromatic rings. The molecule has 0 bridgehead atoms. The summed E-state index contributed by atoms with van der Waals surface area (Å²) in [5.74, 6) is 1.72. The Labute approximate surface area is 192 Å². The minimum Gasteiger partial charge on any atom is -0.493 e. The van der Waals surface area contributed by atoms with Gasteiger partial charge in [0, 0.05) is 30.0 Å². The maximum atomic E-state index is 12.4. The second-order valence-electron chi connectivity index (χ2n) is 7.53. The maximum absolute atomic E-state index is 12.4. The van der Waals surface area contributed by atoms with Gasteiger partial charge in [-0.05, 0) is 50.0 Å². The number of amides is 2. The van der Waals surface area contributed by atoms with Crippen LogP contribution in [-0.4, -0.2) is 67.4 Å². The highest BCUT2D eigenvalue weighted by atomic mass is 32.2. The van der Waals surface area contributed by atoms with Crippen LogP contribution in [0, 0.1) is 0 Å². The van der Waals surface area contributed by atoms with Crippen molar-refractivity contribution in [3.05, 3.63) is 53.6 Å². The zero-order chi connectivity index (χ0) is 23.1. The molecule has 1 aliphatic rings. The van der Waals surface area contributed by atoms with E-state index in [0.29, 0.717) is 36.8 Å². The molecule has 1 heterocycles. The summed E-state index contributed by atoms with van der Waals surface area (Å²) in [6.45, 7) is 1.04. The van der Waals surface area contributed by atoms with Crippen molar-refractivity contribution < 1.29 is 19.1 Å². The molecular weight excluding hydrogens is 428 g/mol. The quantitative estimate of drug-likeness (QED) is 0.620. The lowest BCUT2D eigenvalue weighted by Gasteiger charge is -2.23. The SMILES string of the molecule is COc1ccc(C2=NN(Cc3ccc(NC(=O)CCN(C)C)cc3)C(=O)SC2)cc1OC. The number of benzene rings is 2. The van der Waals surface area contributed by atoms with Crippen LogP contribution in [0.1, 0.15) is 17.5 Å². The lowest BCUT2D eigenvalue weighted by molar-refractivity contribution is -0.116. The van der Waals surface area contributed by atoms with Crippen molar-refractivity contribution in [2.24, 2.45) is 5.10 Å². The summed E-state index contributed by atoms with van der Waals surface area (Å²) in [6.07, 6.45) is 0.432. The molecule has 1 N–H and O–H groups in total. The fourth-order valence-corrected chi connectivity index (χ4v) is 3.83. The first-order valence-corrected chi connectivity index (χ1v) is 11.2. The number of hydrogen-bond acceptors (Lipinski definition) is 7. The van der Waals surface area contributed by atoms with Crippen LogP contribution in [0.2, 0.25) is 0 Å². The highest BCUT2D eigenvalue weighted by molar-refractivity contribution is 8.14. The van der Waals surface area contributed by atoms with Gasteiger partial charge in [-0.1, -0.05) is 23.9 Å². The van der Waals surface area contributed by atoms with Crippen LogP contribution >= 0.6 is 11.8 Å². The third kappa shape index (κ3) is 6.24. The topological polar surface area (TPSA) is 83.5 Å². The number of ether oxygens (including phenoxy) is 2. The first-order chi connectivity index (χ1) is 15.4. The number of rotatable bonds is 9. The number of carbonyl (C=O) groups is 2. The predicted octanol–water partition coefficient (Wildman–Crippen LogP) is 3.67. The van der Waals surface area contributed by atoms with Crippen molar-refractivity contribution in [3.63, 3.8) is 0 Å². The monoisotopic (exact) mass is 456 g/mol. The molecule has 2 aromatic carbocycles. The third-order valence-corrected chi connectivity index (χ3v) is 5.73. The van der Waals surface area contributed by atoms with Gasteiger partial charge in [0.2, 0.25) is 5.91 Å². The highest BCUT2D eigenvalue weighted by Gasteiger charge is 2.23. The lowest BCUT2D eigenvalue weighted by atomic mass is 10.1. The summed E-state index contributed by atoms with van der Waals surface area (Å²) >= 11 is 1.21.